The first kappa shape index (κ1) is 13.3. The van der Waals surface area contributed by atoms with Crippen LogP contribution in [0.5, 0.6) is 0 Å². The molecule has 3 rings (SSSR count). The van der Waals surface area contributed by atoms with Gasteiger partial charge in [0.1, 0.15) is 0 Å². The van der Waals surface area contributed by atoms with Crippen LogP contribution in [0.25, 0.3) is 0 Å². The zero-order valence-corrected chi connectivity index (χ0v) is 11.7. The summed E-state index contributed by atoms with van der Waals surface area (Å²) < 4.78 is 5.77. The van der Waals surface area contributed by atoms with Crippen LogP contribution in [0.3, 0.4) is 0 Å². The molecule has 104 valence electrons. The van der Waals surface area contributed by atoms with Gasteiger partial charge in [-0.3, -0.25) is 0 Å². The summed E-state index contributed by atoms with van der Waals surface area (Å²) in [6, 6.07) is 19.5. The van der Waals surface area contributed by atoms with Gasteiger partial charge in [0.25, 0.3) is 0 Å². The molecule has 1 fully saturated rings. The van der Waals surface area contributed by atoms with Crippen molar-refractivity contribution in [1.29, 1.82) is 0 Å². The fourth-order valence-corrected chi connectivity index (χ4v) is 2.61. The van der Waals surface area contributed by atoms with E-state index in [-0.39, 0.29) is 6.10 Å². The van der Waals surface area contributed by atoms with Crippen LogP contribution in [-0.2, 0) is 17.6 Å². The van der Waals surface area contributed by atoms with E-state index in [9.17, 15) is 0 Å². The Morgan fingerprint density at radius 2 is 1.60 bits per heavy atom. The summed E-state index contributed by atoms with van der Waals surface area (Å²) in [4.78, 5) is 0. The third kappa shape index (κ3) is 3.47. The Morgan fingerprint density at radius 1 is 0.900 bits per heavy atom. The van der Waals surface area contributed by atoms with E-state index in [0.717, 1.165) is 32.5 Å². The number of aryl methyl sites for hydroxylation is 2. The van der Waals surface area contributed by atoms with E-state index < -0.39 is 0 Å². The zero-order chi connectivity index (χ0) is 13.6. The van der Waals surface area contributed by atoms with Crippen LogP contribution in [-0.4, -0.2) is 19.7 Å². The lowest BCUT2D eigenvalue weighted by atomic mass is 10.0. The van der Waals surface area contributed by atoms with Crippen LogP contribution in [0, 0.1) is 0 Å². The van der Waals surface area contributed by atoms with E-state index in [2.05, 4.69) is 59.9 Å². The molecule has 0 unspecified atom stereocenters. The van der Waals surface area contributed by atoms with Gasteiger partial charge in [-0.15, -0.1) is 0 Å². The second-order valence-electron chi connectivity index (χ2n) is 5.29. The van der Waals surface area contributed by atoms with Gasteiger partial charge >= 0.3 is 0 Å². The van der Waals surface area contributed by atoms with Crippen LogP contribution in [0.1, 0.15) is 22.8 Å². The summed E-state index contributed by atoms with van der Waals surface area (Å²) in [5.74, 6) is 0. The maximum Gasteiger partial charge on any atom is 0.0949 e. The van der Waals surface area contributed by atoms with Crippen molar-refractivity contribution in [1.82, 2.24) is 5.32 Å². The smallest absolute Gasteiger partial charge is 0.0949 e. The summed E-state index contributed by atoms with van der Waals surface area (Å²) >= 11 is 0. The fourth-order valence-electron chi connectivity index (χ4n) is 2.61. The van der Waals surface area contributed by atoms with E-state index in [1.165, 1.54) is 16.7 Å². The van der Waals surface area contributed by atoms with E-state index in [1.54, 1.807) is 0 Å². The Bertz CT molecular complexity index is 515. The molecule has 0 saturated carbocycles. The fraction of sp³-hybridized carbons (Fsp3) is 0.333. The van der Waals surface area contributed by atoms with Gasteiger partial charge in [0.15, 0.2) is 0 Å². The van der Waals surface area contributed by atoms with Crippen LogP contribution in [0.2, 0.25) is 0 Å². The molecule has 0 aromatic heterocycles. The Kier molecular flexibility index (Phi) is 4.46. The molecular weight excluding hydrogens is 246 g/mol. The zero-order valence-electron chi connectivity index (χ0n) is 11.7. The topological polar surface area (TPSA) is 21.3 Å². The van der Waals surface area contributed by atoms with Crippen molar-refractivity contribution in [2.24, 2.45) is 0 Å². The average molecular weight is 267 g/mol. The molecule has 1 heterocycles. The van der Waals surface area contributed by atoms with Crippen molar-refractivity contribution in [3.8, 4) is 0 Å². The first-order valence-electron chi connectivity index (χ1n) is 7.37. The molecule has 2 aromatic carbocycles. The summed E-state index contributed by atoms with van der Waals surface area (Å²) in [5.41, 5.74) is 4.07. The lowest BCUT2D eigenvalue weighted by Gasteiger charge is -2.24. The lowest BCUT2D eigenvalue weighted by Crippen LogP contribution is -2.33. The molecule has 0 radical (unpaired) electrons. The molecule has 1 aliphatic heterocycles. The standard InChI is InChI=1S/C18H21NO/c1-2-4-15(5-3-1)6-7-16-8-10-17(11-9-16)18-14-19-12-13-20-18/h1-5,8-11,18-19H,6-7,12-14H2/t18-/m0/s1. The highest BCUT2D eigenvalue weighted by Crippen LogP contribution is 2.19. The highest BCUT2D eigenvalue weighted by atomic mass is 16.5. The van der Waals surface area contributed by atoms with Crippen LogP contribution in [0.4, 0.5) is 0 Å². The number of rotatable bonds is 4. The van der Waals surface area contributed by atoms with Gasteiger partial charge < -0.3 is 10.1 Å². The van der Waals surface area contributed by atoms with Crippen LogP contribution < -0.4 is 5.32 Å². The van der Waals surface area contributed by atoms with E-state index in [1.807, 2.05) is 0 Å². The molecule has 1 saturated heterocycles. The van der Waals surface area contributed by atoms with Crippen molar-refractivity contribution in [3.05, 3.63) is 71.3 Å². The summed E-state index contributed by atoms with van der Waals surface area (Å²) in [7, 11) is 0. The van der Waals surface area contributed by atoms with Crippen molar-refractivity contribution < 1.29 is 4.74 Å². The summed E-state index contributed by atoms with van der Waals surface area (Å²) in [6.45, 7) is 2.69. The molecule has 0 spiro atoms. The SMILES string of the molecule is c1ccc(CCc2ccc([C@@H]3CNCCO3)cc2)cc1. The molecule has 20 heavy (non-hydrogen) atoms. The minimum absolute atomic E-state index is 0.215. The quantitative estimate of drug-likeness (QED) is 0.919. The number of hydrogen-bond donors (Lipinski definition) is 1. The lowest BCUT2D eigenvalue weighted by molar-refractivity contribution is 0.0277. The third-order valence-electron chi connectivity index (χ3n) is 3.82. The van der Waals surface area contributed by atoms with Gasteiger partial charge in [-0.25, -0.2) is 0 Å². The predicted molar refractivity (Wildman–Crippen MR) is 81.9 cm³/mol. The Balaban J connectivity index is 1.58. The van der Waals surface area contributed by atoms with Crippen molar-refractivity contribution in [3.63, 3.8) is 0 Å². The normalized spacial score (nSPS) is 18.9. The van der Waals surface area contributed by atoms with E-state index >= 15 is 0 Å². The molecule has 1 N–H and O–H groups in total. The maximum atomic E-state index is 5.77. The number of hydrogen-bond acceptors (Lipinski definition) is 2. The van der Waals surface area contributed by atoms with Crippen molar-refractivity contribution in [2.75, 3.05) is 19.7 Å². The van der Waals surface area contributed by atoms with Crippen molar-refractivity contribution in [2.45, 2.75) is 18.9 Å². The molecule has 2 heteroatoms. The maximum absolute atomic E-state index is 5.77. The van der Waals surface area contributed by atoms with Crippen LogP contribution in [0.15, 0.2) is 54.6 Å². The Hall–Kier alpha value is -1.64. The second-order valence-corrected chi connectivity index (χ2v) is 5.29. The minimum Gasteiger partial charge on any atom is -0.371 e. The molecule has 2 nitrogen and oxygen atoms in total. The molecule has 0 bridgehead atoms. The summed E-state index contributed by atoms with van der Waals surface area (Å²) in [6.07, 6.45) is 2.40. The van der Waals surface area contributed by atoms with Gasteiger partial charge in [-0.2, -0.15) is 0 Å². The number of morpholine rings is 1. The molecule has 0 aliphatic carbocycles. The first-order chi connectivity index (χ1) is 9.92. The third-order valence-corrected chi connectivity index (χ3v) is 3.82. The molecule has 1 aliphatic rings. The van der Waals surface area contributed by atoms with Gasteiger partial charge in [0, 0.05) is 13.1 Å². The van der Waals surface area contributed by atoms with Gasteiger partial charge in [0.05, 0.1) is 12.7 Å². The summed E-state index contributed by atoms with van der Waals surface area (Å²) in [5, 5.41) is 3.37. The molecule has 1 atom stereocenters. The largest absolute Gasteiger partial charge is 0.371 e. The monoisotopic (exact) mass is 267 g/mol. The van der Waals surface area contributed by atoms with Gasteiger partial charge in [-0.1, -0.05) is 54.6 Å². The average Bonchev–Trinajstić information content (AvgIpc) is 2.55. The predicted octanol–water partition coefficient (Wildman–Crippen LogP) is 3.13. The highest BCUT2D eigenvalue weighted by molar-refractivity contribution is 5.26. The number of nitrogens with one attached hydrogen (secondary N) is 1. The van der Waals surface area contributed by atoms with E-state index in [4.69, 9.17) is 4.74 Å². The molecule has 2 aromatic rings. The van der Waals surface area contributed by atoms with Crippen LogP contribution >= 0.6 is 0 Å². The second kappa shape index (κ2) is 6.69. The number of ether oxygens (including phenoxy) is 1. The van der Waals surface area contributed by atoms with E-state index in [0.29, 0.717) is 0 Å². The highest BCUT2D eigenvalue weighted by Gasteiger charge is 2.14. The van der Waals surface area contributed by atoms with Crippen molar-refractivity contribution >= 4 is 0 Å². The molecular formula is C18H21NO. The Labute approximate surface area is 120 Å². The Morgan fingerprint density at radius 3 is 2.25 bits per heavy atom. The molecule has 0 amide bonds. The minimum atomic E-state index is 0.215. The number of benzene rings is 2. The van der Waals surface area contributed by atoms with Gasteiger partial charge in [0.2, 0.25) is 0 Å². The first-order valence-corrected chi connectivity index (χ1v) is 7.37. The van der Waals surface area contributed by atoms with Gasteiger partial charge in [-0.05, 0) is 29.5 Å².